The van der Waals surface area contributed by atoms with Crippen molar-refractivity contribution in [2.24, 2.45) is 5.73 Å². The third-order valence-corrected chi connectivity index (χ3v) is 3.02. The molecule has 1 aromatic heterocycles. The summed E-state index contributed by atoms with van der Waals surface area (Å²) < 4.78 is 5.34. The van der Waals surface area contributed by atoms with Crippen molar-refractivity contribution in [3.05, 3.63) is 53.5 Å². The second kappa shape index (κ2) is 5.23. The Kier molecular flexibility index (Phi) is 3.67. The second-order valence-electron chi connectivity index (χ2n) is 4.32. The van der Waals surface area contributed by atoms with Crippen LogP contribution in [0.4, 0.5) is 5.69 Å². The van der Waals surface area contributed by atoms with Gasteiger partial charge < -0.3 is 15.1 Å². The van der Waals surface area contributed by atoms with Gasteiger partial charge in [0, 0.05) is 18.3 Å². The van der Waals surface area contributed by atoms with Crippen molar-refractivity contribution in [2.45, 2.75) is 13.5 Å². The normalized spacial score (nSPS) is 10.3. The van der Waals surface area contributed by atoms with Crippen molar-refractivity contribution in [1.82, 2.24) is 0 Å². The first-order valence-electron chi connectivity index (χ1n) is 5.72. The first kappa shape index (κ1) is 12.6. The minimum atomic E-state index is 0.417. The quantitative estimate of drug-likeness (QED) is 0.858. The molecular weight excluding hydrogens is 244 g/mol. The molecule has 94 valence electrons. The van der Waals surface area contributed by atoms with Gasteiger partial charge in [0.2, 0.25) is 0 Å². The molecule has 4 heteroatoms. The molecule has 1 aromatic carbocycles. The fraction of sp³-hybridized carbons (Fsp3) is 0.214. The molecule has 0 unspecified atom stereocenters. The van der Waals surface area contributed by atoms with Crippen LogP contribution in [0.2, 0.25) is 0 Å². The zero-order valence-electron chi connectivity index (χ0n) is 10.5. The first-order chi connectivity index (χ1) is 8.58. The van der Waals surface area contributed by atoms with Crippen molar-refractivity contribution >= 4 is 22.9 Å². The third-order valence-electron chi connectivity index (χ3n) is 2.80. The SMILES string of the molecule is Cc1ccc(N(C)Cc2ccco2)c(C(N)=S)c1. The van der Waals surface area contributed by atoms with E-state index in [-0.39, 0.29) is 0 Å². The van der Waals surface area contributed by atoms with E-state index >= 15 is 0 Å². The van der Waals surface area contributed by atoms with Crippen molar-refractivity contribution in [1.29, 1.82) is 0 Å². The number of benzene rings is 1. The molecule has 2 N–H and O–H groups in total. The molecule has 0 fully saturated rings. The molecule has 0 saturated carbocycles. The summed E-state index contributed by atoms with van der Waals surface area (Å²) in [4.78, 5) is 2.49. The number of thiocarbonyl (C=S) groups is 1. The lowest BCUT2D eigenvalue weighted by molar-refractivity contribution is 0.507. The van der Waals surface area contributed by atoms with Crippen LogP contribution in [-0.2, 0) is 6.54 Å². The van der Waals surface area contributed by atoms with Crippen LogP contribution in [0.25, 0.3) is 0 Å². The van der Waals surface area contributed by atoms with Gasteiger partial charge >= 0.3 is 0 Å². The molecule has 0 aliphatic heterocycles. The van der Waals surface area contributed by atoms with E-state index in [4.69, 9.17) is 22.4 Å². The van der Waals surface area contributed by atoms with E-state index in [2.05, 4.69) is 11.0 Å². The number of anilines is 1. The topological polar surface area (TPSA) is 42.4 Å². The molecule has 0 bridgehead atoms. The molecule has 18 heavy (non-hydrogen) atoms. The van der Waals surface area contributed by atoms with Crippen molar-refractivity contribution in [3.8, 4) is 0 Å². The van der Waals surface area contributed by atoms with Gasteiger partial charge in [-0.05, 0) is 31.2 Å². The van der Waals surface area contributed by atoms with E-state index in [0.29, 0.717) is 11.5 Å². The van der Waals surface area contributed by atoms with Crippen molar-refractivity contribution in [3.63, 3.8) is 0 Å². The molecule has 3 nitrogen and oxygen atoms in total. The average molecular weight is 260 g/mol. The van der Waals surface area contributed by atoms with Crippen LogP contribution in [0.15, 0.2) is 41.0 Å². The molecule has 1 heterocycles. The minimum absolute atomic E-state index is 0.417. The fourth-order valence-electron chi connectivity index (χ4n) is 1.90. The minimum Gasteiger partial charge on any atom is -0.467 e. The lowest BCUT2D eigenvalue weighted by Gasteiger charge is -2.21. The first-order valence-corrected chi connectivity index (χ1v) is 6.12. The Bertz CT molecular complexity index is 549. The highest BCUT2D eigenvalue weighted by molar-refractivity contribution is 7.80. The van der Waals surface area contributed by atoms with E-state index in [1.165, 1.54) is 0 Å². The highest BCUT2D eigenvalue weighted by Gasteiger charge is 2.11. The number of rotatable bonds is 4. The third kappa shape index (κ3) is 2.71. The molecule has 0 aliphatic carbocycles. The molecule has 0 atom stereocenters. The Balaban J connectivity index is 2.29. The van der Waals surface area contributed by atoms with E-state index in [0.717, 1.165) is 22.6 Å². The van der Waals surface area contributed by atoms with E-state index in [1.54, 1.807) is 6.26 Å². The Morgan fingerprint density at radius 2 is 2.17 bits per heavy atom. The van der Waals surface area contributed by atoms with Crippen LogP contribution in [0.3, 0.4) is 0 Å². The maximum Gasteiger partial charge on any atom is 0.123 e. The van der Waals surface area contributed by atoms with Gasteiger partial charge in [0.25, 0.3) is 0 Å². The Labute approximate surface area is 112 Å². The van der Waals surface area contributed by atoms with Gasteiger partial charge in [-0.3, -0.25) is 0 Å². The second-order valence-corrected chi connectivity index (χ2v) is 4.76. The highest BCUT2D eigenvalue weighted by Crippen LogP contribution is 2.22. The van der Waals surface area contributed by atoms with Crippen LogP contribution in [0.1, 0.15) is 16.9 Å². The number of nitrogens with zero attached hydrogens (tertiary/aromatic N) is 1. The standard InChI is InChI=1S/C14H16N2OS/c1-10-5-6-13(12(8-10)14(15)18)16(2)9-11-4-3-7-17-11/h3-8H,9H2,1-2H3,(H2,15,18). The zero-order chi connectivity index (χ0) is 13.1. The van der Waals surface area contributed by atoms with Crippen LogP contribution in [0.5, 0.6) is 0 Å². The predicted octanol–water partition coefficient (Wildman–Crippen LogP) is 2.86. The molecule has 2 rings (SSSR count). The Morgan fingerprint density at radius 3 is 2.78 bits per heavy atom. The lowest BCUT2D eigenvalue weighted by Crippen LogP contribution is -2.21. The largest absolute Gasteiger partial charge is 0.467 e. The molecule has 0 saturated heterocycles. The fourth-order valence-corrected chi connectivity index (χ4v) is 2.07. The molecule has 0 spiro atoms. The zero-order valence-corrected chi connectivity index (χ0v) is 11.3. The summed E-state index contributed by atoms with van der Waals surface area (Å²) in [5.41, 5.74) is 8.84. The summed E-state index contributed by atoms with van der Waals surface area (Å²) in [6.45, 7) is 2.71. The van der Waals surface area contributed by atoms with Crippen LogP contribution in [0, 0.1) is 6.92 Å². The van der Waals surface area contributed by atoms with Crippen molar-refractivity contribution in [2.75, 3.05) is 11.9 Å². The Morgan fingerprint density at radius 1 is 1.39 bits per heavy atom. The number of aryl methyl sites for hydroxylation is 1. The van der Waals surface area contributed by atoms with Crippen LogP contribution >= 0.6 is 12.2 Å². The molecular formula is C14H16N2OS. The summed E-state index contributed by atoms with van der Waals surface area (Å²) in [7, 11) is 2.00. The van der Waals surface area contributed by atoms with Crippen molar-refractivity contribution < 1.29 is 4.42 Å². The van der Waals surface area contributed by atoms with Gasteiger partial charge in [-0.2, -0.15) is 0 Å². The molecule has 0 amide bonds. The van der Waals surface area contributed by atoms with Crippen LogP contribution in [-0.4, -0.2) is 12.0 Å². The number of nitrogens with two attached hydrogens (primary N) is 1. The van der Waals surface area contributed by atoms with Gasteiger partial charge in [0.05, 0.1) is 12.8 Å². The average Bonchev–Trinajstić information content (AvgIpc) is 2.81. The van der Waals surface area contributed by atoms with E-state index < -0.39 is 0 Å². The summed E-state index contributed by atoms with van der Waals surface area (Å²) in [5.74, 6) is 0.909. The lowest BCUT2D eigenvalue weighted by atomic mass is 10.1. The Hall–Kier alpha value is -1.81. The van der Waals surface area contributed by atoms with E-state index in [1.807, 2.05) is 38.2 Å². The smallest absolute Gasteiger partial charge is 0.123 e. The maximum absolute atomic E-state index is 5.78. The van der Waals surface area contributed by atoms with E-state index in [9.17, 15) is 0 Å². The molecule has 0 radical (unpaired) electrons. The summed E-state index contributed by atoms with van der Waals surface area (Å²) >= 11 is 5.10. The maximum atomic E-state index is 5.78. The number of hydrogen-bond acceptors (Lipinski definition) is 3. The molecule has 0 aliphatic rings. The number of furan rings is 1. The van der Waals surface area contributed by atoms with Gasteiger partial charge in [-0.1, -0.05) is 23.8 Å². The summed E-state index contributed by atoms with van der Waals surface area (Å²) in [6.07, 6.45) is 1.67. The van der Waals surface area contributed by atoms with Crippen LogP contribution < -0.4 is 10.6 Å². The summed E-state index contributed by atoms with van der Waals surface area (Å²) in [5, 5.41) is 0. The van der Waals surface area contributed by atoms with Gasteiger partial charge in [0.15, 0.2) is 0 Å². The van der Waals surface area contributed by atoms with Gasteiger partial charge in [-0.25, -0.2) is 0 Å². The summed E-state index contributed by atoms with van der Waals surface area (Å²) in [6, 6.07) is 9.93. The monoisotopic (exact) mass is 260 g/mol. The van der Waals surface area contributed by atoms with Gasteiger partial charge in [0.1, 0.15) is 10.7 Å². The predicted molar refractivity (Wildman–Crippen MR) is 77.9 cm³/mol. The highest BCUT2D eigenvalue weighted by atomic mass is 32.1. The molecule has 2 aromatic rings. The van der Waals surface area contributed by atoms with Gasteiger partial charge in [-0.15, -0.1) is 0 Å². The number of hydrogen-bond donors (Lipinski definition) is 1.